The Balaban J connectivity index is 2.52. The van der Waals surface area contributed by atoms with Crippen molar-refractivity contribution in [3.8, 4) is 0 Å². The zero-order valence-corrected chi connectivity index (χ0v) is 26.5. The molecule has 2 atom stereocenters. The second-order valence-electron chi connectivity index (χ2n) is 10.6. The Hall–Kier alpha value is -2.65. The zero-order chi connectivity index (χ0) is 30.8. The largest absolute Gasteiger partial charge is 0.460 e. The summed E-state index contributed by atoms with van der Waals surface area (Å²) in [6.07, 6.45) is 11.7. The molecule has 2 amide bonds. The highest BCUT2D eigenvalue weighted by Gasteiger charge is 2.30. The first kappa shape index (κ1) is 37.4. The van der Waals surface area contributed by atoms with Crippen LogP contribution in [0.4, 0.5) is 4.79 Å². The van der Waals surface area contributed by atoms with Gasteiger partial charge in [0.05, 0.1) is 0 Å². The Morgan fingerprint density at radius 2 is 1.36 bits per heavy atom. The summed E-state index contributed by atoms with van der Waals surface area (Å²) in [6, 6.07) is 8.13. The van der Waals surface area contributed by atoms with Crippen LogP contribution in [-0.4, -0.2) is 56.2 Å². The number of carbonyl (C=O) groups is 3. The lowest BCUT2D eigenvalue weighted by atomic mass is 10.1. The highest BCUT2D eigenvalue weighted by atomic mass is 16.7. The lowest BCUT2D eigenvalue weighted by Gasteiger charge is -2.25. The maximum absolute atomic E-state index is 13.1. The molecular formula is C33H56N2O7. The molecule has 0 saturated carbocycles. The second kappa shape index (κ2) is 24.9. The lowest BCUT2D eigenvalue weighted by molar-refractivity contribution is -0.151. The summed E-state index contributed by atoms with van der Waals surface area (Å²) >= 11 is 0. The number of esters is 1. The van der Waals surface area contributed by atoms with Crippen LogP contribution in [0.1, 0.15) is 117 Å². The molecule has 1 aromatic rings. The van der Waals surface area contributed by atoms with E-state index in [1.807, 2.05) is 44.2 Å². The van der Waals surface area contributed by atoms with Crippen LogP contribution in [-0.2, 0) is 35.1 Å². The van der Waals surface area contributed by atoms with E-state index in [1.165, 1.54) is 51.4 Å². The molecule has 1 rings (SSSR count). The van der Waals surface area contributed by atoms with E-state index < -0.39 is 30.4 Å². The fourth-order valence-electron chi connectivity index (χ4n) is 4.57. The van der Waals surface area contributed by atoms with E-state index in [0.29, 0.717) is 19.6 Å². The van der Waals surface area contributed by atoms with E-state index in [-0.39, 0.29) is 25.5 Å². The van der Waals surface area contributed by atoms with Crippen LogP contribution in [0.3, 0.4) is 0 Å². The molecule has 9 nitrogen and oxygen atoms in total. The van der Waals surface area contributed by atoms with Gasteiger partial charge in [-0.25, -0.2) is 4.79 Å². The van der Waals surface area contributed by atoms with Crippen LogP contribution >= 0.6 is 0 Å². The molecule has 0 fully saturated rings. The van der Waals surface area contributed by atoms with Gasteiger partial charge < -0.3 is 29.6 Å². The summed E-state index contributed by atoms with van der Waals surface area (Å²) in [4.78, 5) is 38.2. The van der Waals surface area contributed by atoms with E-state index >= 15 is 0 Å². The molecule has 0 spiro atoms. The van der Waals surface area contributed by atoms with E-state index in [1.54, 1.807) is 6.92 Å². The maximum atomic E-state index is 13.1. The van der Waals surface area contributed by atoms with Gasteiger partial charge in [-0.05, 0) is 32.8 Å². The molecule has 0 heterocycles. The first-order chi connectivity index (χ1) is 20.4. The quantitative estimate of drug-likeness (QED) is 0.0728. The maximum Gasteiger partial charge on any atom is 0.408 e. The molecule has 42 heavy (non-hydrogen) atoms. The van der Waals surface area contributed by atoms with E-state index in [0.717, 1.165) is 24.8 Å². The number of rotatable bonds is 25. The third-order valence-corrected chi connectivity index (χ3v) is 6.92. The summed E-state index contributed by atoms with van der Waals surface area (Å²) < 4.78 is 21.9. The smallest absolute Gasteiger partial charge is 0.408 e. The number of ether oxygens (including phenoxy) is 4. The summed E-state index contributed by atoms with van der Waals surface area (Å²) in [5.74, 6) is -0.864. The minimum atomic E-state index is -1.12. The Morgan fingerprint density at radius 1 is 0.786 bits per heavy atom. The SMILES string of the molecule is CCCCCCCCCCCCCC(=O)O[C@@H](C)[C@H](NC(=O)OCc1ccccc1)C(=O)NCCC(OCC)OCC. The lowest BCUT2D eigenvalue weighted by Crippen LogP contribution is -2.54. The predicted octanol–water partition coefficient (Wildman–Crippen LogP) is 6.82. The van der Waals surface area contributed by atoms with Gasteiger partial charge in [0.2, 0.25) is 5.91 Å². The van der Waals surface area contributed by atoms with Crippen molar-refractivity contribution in [2.75, 3.05) is 19.8 Å². The number of benzene rings is 1. The highest BCUT2D eigenvalue weighted by molar-refractivity contribution is 5.86. The van der Waals surface area contributed by atoms with Gasteiger partial charge in [-0.15, -0.1) is 0 Å². The molecule has 0 aliphatic carbocycles. The van der Waals surface area contributed by atoms with Crippen molar-refractivity contribution in [3.63, 3.8) is 0 Å². The molecule has 0 aromatic heterocycles. The van der Waals surface area contributed by atoms with Crippen LogP contribution < -0.4 is 10.6 Å². The topological polar surface area (TPSA) is 112 Å². The molecule has 1 aromatic carbocycles. The number of hydrogen-bond donors (Lipinski definition) is 2. The van der Waals surface area contributed by atoms with Crippen molar-refractivity contribution in [1.82, 2.24) is 10.6 Å². The van der Waals surface area contributed by atoms with Crippen molar-refractivity contribution < 1.29 is 33.3 Å². The van der Waals surface area contributed by atoms with Gasteiger partial charge in [0, 0.05) is 32.6 Å². The Morgan fingerprint density at radius 3 is 1.93 bits per heavy atom. The van der Waals surface area contributed by atoms with Crippen LogP contribution in [0.15, 0.2) is 30.3 Å². The van der Waals surface area contributed by atoms with Gasteiger partial charge in [-0.3, -0.25) is 9.59 Å². The highest BCUT2D eigenvalue weighted by Crippen LogP contribution is 2.13. The van der Waals surface area contributed by atoms with Crippen molar-refractivity contribution in [2.24, 2.45) is 0 Å². The molecule has 240 valence electrons. The summed E-state index contributed by atoms with van der Waals surface area (Å²) in [7, 11) is 0. The molecule has 0 aliphatic heterocycles. The van der Waals surface area contributed by atoms with Gasteiger partial charge in [-0.2, -0.15) is 0 Å². The van der Waals surface area contributed by atoms with E-state index in [9.17, 15) is 14.4 Å². The molecule has 0 radical (unpaired) electrons. The summed E-state index contributed by atoms with van der Waals surface area (Å²) in [6.45, 7) is 8.88. The van der Waals surface area contributed by atoms with Crippen LogP contribution in [0.5, 0.6) is 0 Å². The van der Waals surface area contributed by atoms with Crippen molar-refractivity contribution in [2.45, 2.75) is 136 Å². The number of amides is 2. The number of carbonyl (C=O) groups excluding carboxylic acids is 3. The average molecular weight is 593 g/mol. The minimum absolute atomic E-state index is 0.0540. The molecule has 0 bridgehead atoms. The number of hydrogen-bond acceptors (Lipinski definition) is 7. The van der Waals surface area contributed by atoms with Gasteiger partial charge >= 0.3 is 12.1 Å². The molecule has 0 unspecified atom stereocenters. The van der Waals surface area contributed by atoms with Gasteiger partial charge in [0.15, 0.2) is 6.29 Å². The standard InChI is InChI=1S/C33H56N2O7/c1-5-8-9-10-11-12-13-14-15-16-20-23-29(36)42-27(4)31(32(37)34-25-24-30(39-6-2)40-7-3)35-33(38)41-26-28-21-18-17-19-22-28/h17-19,21-22,27,30-31H,5-16,20,23-26H2,1-4H3,(H,34,37)(H,35,38)/t27-,31-/m0/s1. The molecule has 0 saturated heterocycles. The zero-order valence-electron chi connectivity index (χ0n) is 26.5. The summed E-state index contributed by atoms with van der Waals surface area (Å²) in [5, 5.41) is 5.37. The number of unbranched alkanes of at least 4 members (excludes halogenated alkanes) is 10. The van der Waals surface area contributed by atoms with Crippen molar-refractivity contribution >= 4 is 18.0 Å². The third-order valence-electron chi connectivity index (χ3n) is 6.92. The van der Waals surface area contributed by atoms with Gasteiger partial charge in [0.1, 0.15) is 18.8 Å². The Bertz CT molecular complexity index is 831. The normalized spacial score (nSPS) is 12.5. The second-order valence-corrected chi connectivity index (χ2v) is 10.6. The first-order valence-corrected chi connectivity index (χ1v) is 16.1. The molecule has 0 aliphatic rings. The van der Waals surface area contributed by atoms with Gasteiger partial charge in [0.25, 0.3) is 0 Å². The molecule has 9 heteroatoms. The average Bonchev–Trinajstić information content (AvgIpc) is 2.98. The molecule has 2 N–H and O–H groups in total. The fourth-order valence-corrected chi connectivity index (χ4v) is 4.57. The van der Waals surface area contributed by atoms with Crippen LogP contribution in [0.2, 0.25) is 0 Å². The Kier molecular flexibility index (Phi) is 22.2. The minimum Gasteiger partial charge on any atom is -0.460 e. The first-order valence-electron chi connectivity index (χ1n) is 16.1. The van der Waals surface area contributed by atoms with Crippen LogP contribution in [0.25, 0.3) is 0 Å². The van der Waals surface area contributed by atoms with E-state index in [4.69, 9.17) is 18.9 Å². The Labute approximate surface area is 253 Å². The third kappa shape index (κ3) is 18.7. The summed E-state index contributed by atoms with van der Waals surface area (Å²) in [5.41, 5.74) is 0.818. The number of nitrogens with one attached hydrogen (secondary N) is 2. The predicted molar refractivity (Wildman–Crippen MR) is 165 cm³/mol. The van der Waals surface area contributed by atoms with Crippen LogP contribution in [0, 0.1) is 0 Å². The van der Waals surface area contributed by atoms with Crippen molar-refractivity contribution in [1.29, 1.82) is 0 Å². The van der Waals surface area contributed by atoms with Gasteiger partial charge in [-0.1, -0.05) is 101 Å². The molecular weight excluding hydrogens is 536 g/mol. The number of alkyl carbamates (subject to hydrolysis) is 1. The monoisotopic (exact) mass is 592 g/mol. The van der Waals surface area contributed by atoms with E-state index in [2.05, 4.69) is 17.6 Å². The van der Waals surface area contributed by atoms with Crippen molar-refractivity contribution in [3.05, 3.63) is 35.9 Å². The fraction of sp³-hybridized carbons (Fsp3) is 0.727.